The molecule has 6 nitrogen and oxygen atoms in total. The van der Waals surface area contributed by atoms with E-state index in [0.717, 1.165) is 47.5 Å². The maximum atomic E-state index is 12.0. The van der Waals surface area contributed by atoms with Gasteiger partial charge in [-0.3, -0.25) is 0 Å². The van der Waals surface area contributed by atoms with Gasteiger partial charge >= 0.3 is 5.97 Å². The predicted octanol–water partition coefficient (Wildman–Crippen LogP) is 2.97. The second kappa shape index (κ2) is 6.82. The molecule has 0 bridgehead atoms. The number of piperidine rings is 1. The molecule has 0 aliphatic carbocycles. The minimum atomic E-state index is -0.348. The van der Waals surface area contributed by atoms with Crippen LogP contribution < -0.4 is 4.90 Å². The molecule has 130 valence electrons. The average Bonchev–Trinajstić information content (AvgIpc) is 2.90. The van der Waals surface area contributed by atoms with Crippen molar-refractivity contribution in [3.8, 4) is 0 Å². The van der Waals surface area contributed by atoms with Crippen molar-refractivity contribution in [3.05, 3.63) is 15.7 Å². The van der Waals surface area contributed by atoms with Crippen molar-refractivity contribution in [1.29, 1.82) is 0 Å². The summed E-state index contributed by atoms with van der Waals surface area (Å²) < 4.78 is 4.88. The van der Waals surface area contributed by atoms with Crippen molar-refractivity contribution in [2.45, 2.75) is 25.8 Å². The third-order valence-corrected chi connectivity index (χ3v) is 6.02. The Morgan fingerprint density at radius 2 is 2.04 bits per heavy atom. The lowest BCUT2D eigenvalue weighted by atomic mass is 10.0. The van der Waals surface area contributed by atoms with Crippen molar-refractivity contribution in [2.24, 2.45) is 0 Å². The van der Waals surface area contributed by atoms with Crippen LogP contribution in [0.25, 0.3) is 10.2 Å². The second-order valence-electron chi connectivity index (χ2n) is 6.19. The summed E-state index contributed by atoms with van der Waals surface area (Å²) in [7, 11) is 5.57. The molecule has 8 heteroatoms. The van der Waals surface area contributed by atoms with Crippen molar-refractivity contribution in [2.75, 3.05) is 39.2 Å². The standard InChI is InChI=1S/C16H21ClN4O2S/c1-9-11-13(21(3)10-5-7-20(2)8-6-10)18-16(17)19-14(11)24-12(9)15(22)23-4/h10H,5-8H2,1-4H3. The molecule has 0 radical (unpaired) electrons. The SMILES string of the molecule is COC(=O)c1sc2nc(Cl)nc(N(C)C3CCN(C)CC3)c2c1C. The van der Waals surface area contributed by atoms with Gasteiger partial charge in [-0.2, -0.15) is 4.98 Å². The normalized spacial score (nSPS) is 16.5. The molecule has 2 aromatic rings. The Hall–Kier alpha value is -1.44. The van der Waals surface area contributed by atoms with E-state index in [4.69, 9.17) is 16.3 Å². The monoisotopic (exact) mass is 368 g/mol. The molecule has 1 fully saturated rings. The third-order valence-electron chi connectivity index (χ3n) is 4.68. The topological polar surface area (TPSA) is 58.6 Å². The fraction of sp³-hybridized carbons (Fsp3) is 0.562. The number of aromatic nitrogens is 2. The van der Waals surface area contributed by atoms with E-state index in [1.54, 1.807) is 0 Å². The van der Waals surface area contributed by atoms with E-state index in [9.17, 15) is 4.79 Å². The maximum absolute atomic E-state index is 12.0. The highest BCUT2D eigenvalue weighted by molar-refractivity contribution is 7.20. The first-order chi connectivity index (χ1) is 11.4. The van der Waals surface area contributed by atoms with E-state index in [1.165, 1.54) is 18.4 Å². The quantitative estimate of drug-likeness (QED) is 0.613. The van der Waals surface area contributed by atoms with E-state index < -0.39 is 0 Å². The molecule has 1 saturated heterocycles. The molecule has 3 rings (SSSR count). The van der Waals surface area contributed by atoms with Crippen LogP contribution in [0.3, 0.4) is 0 Å². The van der Waals surface area contributed by atoms with Crippen LogP contribution in [-0.2, 0) is 4.74 Å². The zero-order valence-corrected chi connectivity index (χ0v) is 15.9. The van der Waals surface area contributed by atoms with E-state index in [1.807, 2.05) is 14.0 Å². The first kappa shape index (κ1) is 17.4. The number of esters is 1. The number of carbonyl (C=O) groups is 1. The molecule has 0 aromatic carbocycles. The van der Waals surface area contributed by atoms with Crippen LogP contribution >= 0.6 is 22.9 Å². The lowest BCUT2D eigenvalue weighted by molar-refractivity contribution is 0.0605. The predicted molar refractivity (Wildman–Crippen MR) is 97.4 cm³/mol. The van der Waals surface area contributed by atoms with Crippen molar-refractivity contribution < 1.29 is 9.53 Å². The molecule has 1 aliphatic heterocycles. The van der Waals surface area contributed by atoms with E-state index in [2.05, 4.69) is 26.8 Å². The highest BCUT2D eigenvalue weighted by Crippen LogP contribution is 2.37. The largest absolute Gasteiger partial charge is 0.465 e. The lowest BCUT2D eigenvalue weighted by Crippen LogP contribution is -2.42. The summed E-state index contributed by atoms with van der Waals surface area (Å²) in [5, 5.41) is 1.10. The number of hydrogen-bond acceptors (Lipinski definition) is 7. The molecular weight excluding hydrogens is 348 g/mol. The summed E-state index contributed by atoms with van der Waals surface area (Å²) in [5.74, 6) is 0.447. The summed E-state index contributed by atoms with van der Waals surface area (Å²) in [6.45, 7) is 4.04. The molecule has 0 saturated carbocycles. The fourth-order valence-electron chi connectivity index (χ4n) is 3.19. The second-order valence-corrected chi connectivity index (χ2v) is 7.53. The Kier molecular flexibility index (Phi) is 4.94. The Morgan fingerprint density at radius 3 is 2.67 bits per heavy atom. The van der Waals surface area contributed by atoms with E-state index in [0.29, 0.717) is 10.9 Å². The molecule has 24 heavy (non-hydrogen) atoms. The summed E-state index contributed by atoms with van der Waals surface area (Å²) in [4.78, 5) is 26.6. The minimum absolute atomic E-state index is 0.204. The molecule has 3 heterocycles. The maximum Gasteiger partial charge on any atom is 0.348 e. The first-order valence-corrected chi connectivity index (χ1v) is 9.08. The van der Waals surface area contributed by atoms with Crippen LogP contribution in [0.5, 0.6) is 0 Å². The number of thiophene rings is 1. The zero-order valence-electron chi connectivity index (χ0n) is 14.3. The van der Waals surface area contributed by atoms with Gasteiger partial charge in [-0.25, -0.2) is 9.78 Å². The molecule has 1 aliphatic rings. The van der Waals surface area contributed by atoms with Gasteiger partial charge in [0.25, 0.3) is 0 Å². The van der Waals surface area contributed by atoms with Crippen LogP contribution in [0.2, 0.25) is 5.28 Å². The van der Waals surface area contributed by atoms with Crippen LogP contribution in [0.15, 0.2) is 0 Å². The number of anilines is 1. The Balaban J connectivity index is 2.06. The van der Waals surface area contributed by atoms with E-state index >= 15 is 0 Å². The minimum Gasteiger partial charge on any atom is -0.465 e. The van der Waals surface area contributed by atoms with Gasteiger partial charge in [-0.05, 0) is 57.1 Å². The summed E-state index contributed by atoms with van der Waals surface area (Å²) >= 11 is 7.44. The molecular formula is C16H21ClN4O2S. The van der Waals surface area contributed by atoms with Crippen LogP contribution in [-0.4, -0.2) is 61.2 Å². The number of rotatable bonds is 3. The fourth-order valence-corrected chi connectivity index (χ4v) is 4.50. The summed E-state index contributed by atoms with van der Waals surface area (Å²) in [6.07, 6.45) is 2.15. The van der Waals surface area contributed by atoms with Crippen molar-refractivity contribution in [3.63, 3.8) is 0 Å². The lowest BCUT2D eigenvalue weighted by Gasteiger charge is -2.36. The smallest absolute Gasteiger partial charge is 0.348 e. The number of likely N-dealkylation sites (tertiary alicyclic amines) is 1. The zero-order chi connectivity index (χ0) is 17.4. The number of ether oxygens (including phenoxy) is 1. The van der Waals surface area contributed by atoms with Gasteiger partial charge in [-0.15, -0.1) is 11.3 Å². The van der Waals surface area contributed by atoms with Gasteiger partial charge in [0, 0.05) is 13.1 Å². The number of halogens is 1. The van der Waals surface area contributed by atoms with Gasteiger partial charge in [-0.1, -0.05) is 0 Å². The number of methoxy groups -OCH3 is 1. The van der Waals surface area contributed by atoms with Gasteiger partial charge < -0.3 is 14.5 Å². The highest BCUT2D eigenvalue weighted by Gasteiger charge is 2.27. The van der Waals surface area contributed by atoms with E-state index in [-0.39, 0.29) is 11.3 Å². The summed E-state index contributed by atoms with van der Waals surface area (Å²) in [6, 6.07) is 0.399. The average molecular weight is 369 g/mol. The number of aryl methyl sites for hydroxylation is 1. The highest BCUT2D eigenvalue weighted by atomic mass is 35.5. The van der Waals surface area contributed by atoms with Crippen LogP contribution in [0, 0.1) is 6.92 Å². The molecule has 0 N–H and O–H groups in total. The van der Waals surface area contributed by atoms with Crippen molar-refractivity contribution >= 4 is 44.9 Å². The number of hydrogen-bond donors (Lipinski definition) is 0. The first-order valence-electron chi connectivity index (χ1n) is 7.88. The number of fused-ring (bicyclic) bond motifs is 1. The van der Waals surface area contributed by atoms with Gasteiger partial charge in [0.05, 0.1) is 12.5 Å². The molecule has 2 aromatic heterocycles. The Morgan fingerprint density at radius 1 is 1.38 bits per heavy atom. The van der Waals surface area contributed by atoms with Gasteiger partial charge in [0.2, 0.25) is 5.28 Å². The van der Waals surface area contributed by atoms with Crippen LogP contribution in [0.4, 0.5) is 5.82 Å². The molecule has 0 unspecified atom stereocenters. The third kappa shape index (κ3) is 3.08. The number of carbonyl (C=O) groups excluding carboxylic acids is 1. The molecule has 0 amide bonds. The van der Waals surface area contributed by atoms with Gasteiger partial charge in [0.1, 0.15) is 15.5 Å². The Labute approximate surface area is 150 Å². The summed E-state index contributed by atoms with van der Waals surface area (Å²) in [5.41, 5.74) is 0.855. The van der Waals surface area contributed by atoms with Crippen molar-refractivity contribution in [1.82, 2.24) is 14.9 Å². The number of nitrogens with zero attached hydrogens (tertiary/aromatic N) is 4. The molecule has 0 spiro atoms. The van der Waals surface area contributed by atoms with Gasteiger partial charge in [0.15, 0.2) is 0 Å². The van der Waals surface area contributed by atoms with Crippen LogP contribution in [0.1, 0.15) is 28.1 Å². The molecule has 0 atom stereocenters. The Bertz CT molecular complexity index is 771.